The molecule has 5 rings (SSSR count). The average Bonchev–Trinajstić information content (AvgIpc) is 2.75. The summed E-state index contributed by atoms with van der Waals surface area (Å²) in [6, 6.07) is 13.1. The van der Waals surface area contributed by atoms with Crippen LogP contribution in [0.4, 0.5) is 0 Å². The summed E-state index contributed by atoms with van der Waals surface area (Å²) in [7, 11) is 0. The molecule has 142 valence electrons. The quantitative estimate of drug-likeness (QED) is 0.687. The number of rotatable bonds is 1. The highest BCUT2D eigenvalue weighted by Crippen LogP contribution is 2.24. The molecule has 0 radical (unpaired) electrons. The third-order valence-corrected chi connectivity index (χ3v) is 4.86. The third-order valence-electron chi connectivity index (χ3n) is 4.86. The summed E-state index contributed by atoms with van der Waals surface area (Å²) in [4.78, 5) is 40.9. The van der Waals surface area contributed by atoms with Gasteiger partial charge in [0.05, 0.1) is 0 Å². The van der Waals surface area contributed by atoms with Crippen LogP contribution in [0.2, 0.25) is 0 Å². The zero-order valence-electron chi connectivity index (χ0n) is 15.3. The largest absolute Gasteiger partial charge is 0.477 e. The summed E-state index contributed by atoms with van der Waals surface area (Å²) in [6.07, 6.45) is 7.19. The Bertz CT molecular complexity index is 1260. The molecule has 6 nitrogen and oxygen atoms in total. The summed E-state index contributed by atoms with van der Waals surface area (Å²) in [5.41, 5.74) is 3.88. The standard InChI is InChI=1S/C18H12O2.C5H4N2O2/c19-12-6-8-13-11(9-12)5-7-15-14-3-1-2-4-16(14)18(20)10-17(13)15;8-5(9)4-1-2-6-3-7-4/h1-5,7-8,10H,6,9H2;1-3H,(H,8,9). The normalized spacial score (nSPS) is 13.5. The Kier molecular flexibility index (Phi) is 4.83. The minimum absolute atomic E-state index is 0.0185. The maximum atomic E-state index is 12.3. The predicted octanol–water partition coefficient (Wildman–Crippen LogP) is 1.80. The average molecular weight is 384 g/mol. The van der Waals surface area contributed by atoms with Crippen molar-refractivity contribution in [2.45, 2.75) is 12.8 Å². The van der Waals surface area contributed by atoms with E-state index in [2.05, 4.69) is 9.97 Å². The van der Waals surface area contributed by atoms with Crippen molar-refractivity contribution in [2.24, 2.45) is 0 Å². The van der Waals surface area contributed by atoms with Crippen molar-refractivity contribution in [1.29, 1.82) is 0 Å². The van der Waals surface area contributed by atoms with Crippen LogP contribution in [0.15, 0.2) is 55.0 Å². The summed E-state index contributed by atoms with van der Waals surface area (Å²) >= 11 is 0. The van der Waals surface area contributed by atoms with Crippen LogP contribution >= 0.6 is 0 Å². The molecule has 0 saturated heterocycles. The molecule has 0 atom stereocenters. The molecule has 0 unspecified atom stereocenters. The molecule has 3 aromatic rings. The Morgan fingerprint density at radius 3 is 2.41 bits per heavy atom. The summed E-state index contributed by atoms with van der Waals surface area (Å²) < 4.78 is 0. The fourth-order valence-corrected chi connectivity index (χ4v) is 3.53. The van der Waals surface area contributed by atoms with Crippen LogP contribution in [0.25, 0.3) is 23.3 Å². The molecular formula is C23H16N2O4. The molecule has 0 spiro atoms. The van der Waals surface area contributed by atoms with Crippen molar-refractivity contribution < 1.29 is 19.5 Å². The molecule has 1 heterocycles. The van der Waals surface area contributed by atoms with Crippen molar-refractivity contribution in [3.05, 3.63) is 82.2 Å². The molecule has 0 fully saturated rings. The van der Waals surface area contributed by atoms with Gasteiger partial charge in [0.25, 0.3) is 0 Å². The number of nitrogens with zero attached hydrogens (tertiary/aromatic N) is 2. The lowest BCUT2D eigenvalue weighted by atomic mass is 9.86. The van der Waals surface area contributed by atoms with Crippen LogP contribution in [-0.2, 0) is 11.2 Å². The maximum absolute atomic E-state index is 12.3. The lowest BCUT2D eigenvalue weighted by Gasteiger charge is -2.16. The van der Waals surface area contributed by atoms with E-state index < -0.39 is 5.97 Å². The smallest absolute Gasteiger partial charge is 0.354 e. The van der Waals surface area contributed by atoms with Gasteiger partial charge in [-0.05, 0) is 39.3 Å². The first-order valence-electron chi connectivity index (χ1n) is 9.03. The number of hydrogen-bond donors (Lipinski definition) is 1. The molecule has 6 heteroatoms. The Labute approximate surface area is 165 Å². The van der Waals surface area contributed by atoms with E-state index in [1.807, 2.05) is 42.5 Å². The SMILES string of the molecule is O=C(O)c1ccncn1.O=C1CC=c2c(ccc3c2=CC(=O)c2ccccc2-3)C1. The van der Waals surface area contributed by atoms with Gasteiger partial charge in [-0.25, -0.2) is 14.8 Å². The zero-order chi connectivity index (χ0) is 20.4. The Morgan fingerprint density at radius 2 is 1.72 bits per heavy atom. The van der Waals surface area contributed by atoms with Gasteiger partial charge in [-0.1, -0.05) is 42.5 Å². The van der Waals surface area contributed by atoms with Gasteiger partial charge in [0, 0.05) is 24.6 Å². The number of hydrogen-bond acceptors (Lipinski definition) is 5. The van der Waals surface area contributed by atoms with Gasteiger partial charge < -0.3 is 5.11 Å². The monoisotopic (exact) mass is 384 g/mol. The van der Waals surface area contributed by atoms with Crippen molar-refractivity contribution in [2.75, 3.05) is 0 Å². The lowest BCUT2D eigenvalue weighted by molar-refractivity contribution is -0.117. The number of ketones is 2. The van der Waals surface area contributed by atoms with Gasteiger partial charge in [0.15, 0.2) is 11.5 Å². The molecule has 0 amide bonds. The van der Waals surface area contributed by atoms with E-state index in [0.717, 1.165) is 32.7 Å². The van der Waals surface area contributed by atoms with Gasteiger partial charge >= 0.3 is 5.97 Å². The van der Waals surface area contributed by atoms with E-state index in [0.29, 0.717) is 12.8 Å². The highest BCUT2D eigenvalue weighted by Gasteiger charge is 2.19. The molecular weight excluding hydrogens is 368 g/mol. The molecule has 2 aromatic carbocycles. The second-order valence-electron chi connectivity index (χ2n) is 6.68. The van der Waals surface area contributed by atoms with Gasteiger partial charge in [-0.2, -0.15) is 0 Å². The van der Waals surface area contributed by atoms with Crippen LogP contribution in [0, 0.1) is 0 Å². The first kappa shape index (κ1) is 18.4. The number of carbonyl (C=O) groups is 3. The number of aromatic carboxylic acids is 1. The number of carboxylic acids is 1. The van der Waals surface area contributed by atoms with Gasteiger partial charge in [-0.15, -0.1) is 0 Å². The maximum Gasteiger partial charge on any atom is 0.354 e. The number of Topliss-reactive ketones (excluding diaryl/α,β-unsaturated/α-hetero) is 2. The molecule has 29 heavy (non-hydrogen) atoms. The van der Waals surface area contributed by atoms with E-state index in [1.165, 1.54) is 18.6 Å². The first-order chi connectivity index (χ1) is 14.0. The lowest BCUT2D eigenvalue weighted by Crippen LogP contribution is -2.36. The van der Waals surface area contributed by atoms with Crippen LogP contribution in [0.1, 0.15) is 32.8 Å². The molecule has 2 aliphatic carbocycles. The molecule has 0 aliphatic heterocycles. The highest BCUT2D eigenvalue weighted by molar-refractivity contribution is 6.22. The Morgan fingerprint density at radius 1 is 0.931 bits per heavy atom. The van der Waals surface area contributed by atoms with Crippen molar-refractivity contribution in [3.63, 3.8) is 0 Å². The molecule has 0 saturated carbocycles. The molecule has 0 bridgehead atoms. The van der Waals surface area contributed by atoms with Crippen LogP contribution in [-0.4, -0.2) is 32.6 Å². The van der Waals surface area contributed by atoms with Crippen LogP contribution in [0.5, 0.6) is 0 Å². The van der Waals surface area contributed by atoms with E-state index in [4.69, 9.17) is 5.11 Å². The van der Waals surface area contributed by atoms with E-state index in [-0.39, 0.29) is 17.3 Å². The second-order valence-corrected chi connectivity index (χ2v) is 6.68. The fraction of sp³-hybridized carbons (Fsp3) is 0.0870. The number of fused-ring (bicyclic) bond motifs is 5. The van der Waals surface area contributed by atoms with Gasteiger partial charge in [0.1, 0.15) is 12.1 Å². The summed E-state index contributed by atoms with van der Waals surface area (Å²) in [5.74, 6) is -0.746. The van der Waals surface area contributed by atoms with E-state index in [1.54, 1.807) is 6.08 Å². The second kappa shape index (κ2) is 7.59. The molecule has 2 aliphatic rings. The number of benzene rings is 2. The predicted molar refractivity (Wildman–Crippen MR) is 107 cm³/mol. The Hall–Kier alpha value is -3.93. The van der Waals surface area contributed by atoms with Crippen molar-refractivity contribution in [3.8, 4) is 11.1 Å². The minimum Gasteiger partial charge on any atom is -0.477 e. The van der Waals surface area contributed by atoms with E-state index in [9.17, 15) is 14.4 Å². The Balaban J connectivity index is 0.000000192. The minimum atomic E-state index is -1.03. The fourth-order valence-electron chi connectivity index (χ4n) is 3.53. The first-order valence-corrected chi connectivity index (χ1v) is 9.03. The number of carboxylic acid groups (broad SMARTS) is 1. The van der Waals surface area contributed by atoms with Gasteiger partial charge in [-0.3, -0.25) is 9.59 Å². The molecule has 1 N–H and O–H groups in total. The number of aromatic nitrogens is 2. The summed E-state index contributed by atoms with van der Waals surface area (Å²) in [6.45, 7) is 0. The summed E-state index contributed by atoms with van der Waals surface area (Å²) in [5, 5.41) is 10.3. The zero-order valence-corrected chi connectivity index (χ0v) is 15.3. The van der Waals surface area contributed by atoms with Gasteiger partial charge in [0.2, 0.25) is 0 Å². The van der Waals surface area contributed by atoms with Crippen molar-refractivity contribution >= 4 is 29.7 Å². The molecule has 1 aromatic heterocycles. The van der Waals surface area contributed by atoms with Crippen molar-refractivity contribution in [1.82, 2.24) is 9.97 Å². The topological polar surface area (TPSA) is 97.2 Å². The third kappa shape index (κ3) is 3.60. The van der Waals surface area contributed by atoms with Crippen LogP contribution < -0.4 is 10.4 Å². The van der Waals surface area contributed by atoms with E-state index >= 15 is 0 Å². The number of carbonyl (C=O) groups excluding carboxylic acids is 2. The highest BCUT2D eigenvalue weighted by atomic mass is 16.4. The van der Waals surface area contributed by atoms with Crippen LogP contribution in [0.3, 0.4) is 0 Å².